The van der Waals surface area contributed by atoms with Crippen LogP contribution in [0.1, 0.15) is 0 Å². The van der Waals surface area contributed by atoms with E-state index in [2.05, 4.69) is 21.1 Å². The number of aromatic hydroxyl groups is 1. The number of hydrogen-bond donors (Lipinski definition) is 2. The predicted octanol–water partition coefficient (Wildman–Crippen LogP) is 0.464. The first-order valence-electron chi connectivity index (χ1n) is 2.78. The summed E-state index contributed by atoms with van der Waals surface area (Å²) in [5, 5.41) is 8.84. The second-order valence-electron chi connectivity index (χ2n) is 1.87. The number of aromatic amines is 1. The summed E-state index contributed by atoms with van der Waals surface area (Å²) in [7, 11) is 0. The molecule has 0 aliphatic rings. The van der Waals surface area contributed by atoms with Gasteiger partial charge in [0.1, 0.15) is 5.52 Å². The predicted molar refractivity (Wildman–Crippen MR) is 34.4 cm³/mol. The molecule has 0 saturated heterocycles. The van der Waals surface area contributed by atoms with Crippen molar-refractivity contribution in [3.05, 3.63) is 18.3 Å². The van der Waals surface area contributed by atoms with Crippen molar-refractivity contribution in [3.8, 4) is 6.01 Å². The van der Waals surface area contributed by atoms with Crippen molar-refractivity contribution in [2.75, 3.05) is 0 Å². The van der Waals surface area contributed by atoms with E-state index in [1.165, 1.54) is 0 Å². The third-order valence-electron chi connectivity index (χ3n) is 1.19. The minimum absolute atomic E-state index is 0.109. The Bertz CT molecular complexity index is 322. The van der Waals surface area contributed by atoms with E-state index in [1.54, 1.807) is 12.1 Å². The van der Waals surface area contributed by atoms with Crippen LogP contribution in [0.15, 0.2) is 12.1 Å². The van der Waals surface area contributed by atoms with Gasteiger partial charge >= 0.3 is 0 Å². The summed E-state index contributed by atoms with van der Waals surface area (Å²) < 4.78 is 0. The van der Waals surface area contributed by atoms with Crippen molar-refractivity contribution < 1.29 is 5.11 Å². The molecule has 4 heteroatoms. The van der Waals surface area contributed by atoms with E-state index < -0.39 is 0 Å². The van der Waals surface area contributed by atoms with Crippen molar-refractivity contribution in [1.82, 2.24) is 15.0 Å². The molecule has 4 nitrogen and oxygen atoms in total. The van der Waals surface area contributed by atoms with E-state index in [4.69, 9.17) is 5.11 Å². The molecule has 2 heterocycles. The standard InChI is InChI=1S/C6H4N3O/c10-6-8-4-2-1-3-7-5(4)9-6/h1-2H,(H2,7,8,9,10). The van der Waals surface area contributed by atoms with E-state index in [-0.39, 0.29) is 6.01 Å². The average molecular weight is 134 g/mol. The highest BCUT2D eigenvalue weighted by molar-refractivity contribution is 5.70. The Morgan fingerprint density at radius 1 is 1.60 bits per heavy atom. The molecule has 0 aromatic carbocycles. The van der Waals surface area contributed by atoms with Gasteiger partial charge in [0.15, 0.2) is 5.65 Å². The summed E-state index contributed by atoms with van der Waals surface area (Å²) in [6.07, 6.45) is 2.62. The van der Waals surface area contributed by atoms with Crippen LogP contribution in [-0.4, -0.2) is 20.1 Å². The zero-order valence-electron chi connectivity index (χ0n) is 5.00. The zero-order chi connectivity index (χ0) is 6.97. The lowest BCUT2D eigenvalue weighted by atomic mass is 10.4. The molecule has 0 unspecified atom stereocenters. The number of fused-ring (bicyclic) bond motifs is 1. The van der Waals surface area contributed by atoms with Crippen molar-refractivity contribution in [3.63, 3.8) is 0 Å². The molecule has 0 aliphatic heterocycles. The third kappa shape index (κ3) is 0.621. The third-order valence-corrected chi connectivity index (χ3v) is 1.19. The Labute approximate surface area is 56.6 Å². The maximum atomic E-state index is 8.84. The molecular formula is C6H4N3O. The number of aromatic nitrogens is 3. The Morgan fingerprint density at radius 2 is 2.50 bits per heavy atom. The molecular weight excluding hydrogens is 130 g/mol. The quantitative estimate of drug-likeness (QED) is 0.550. The van der Waals surface area contributed by atoms with Crippen LogP contribution in [0.25, 0.3) is 11.2 Å². The number of hydrogen-bond acceptors (Lipinski definition) is 3. The molecule has 0 atom stereocenters. The number of nitrogens with one attached hydrogen (secondary N) is 1. The highest BCUT2D eigenvalue weighted by Gasteiger charge is 1.98. The molecule has 0 fully saturated rings. The lowest BCUT2D eigenvalue weighted by Gasteiger charge is -1.79. The Balaban J connectivity index is 2.88. The number of H-pyrrole nitrogens is 1. The van der Waals surface area contributed by atoms with E-state index >= 15 is 0 Å². The van der Waals surface area contributed by atoms with Crippen LogP contribution in [-0.2, 0) is 0 Å². The van der Waals surface area contributed by atoms with Gasteiger partial charge in [0.05, 0.1) is 6.20 Å². The maximum Gasteiger partial charge on any atom is 0.293 e. The summed E-state index contributed by atoms with van der Waals surface area (Å²) in [5.74, 6) is 0. The Morgan fingerprint density at radius 3 is 3.30 bits per heavy atom. The molecule has 2 rings (SSSR count). The van der Waals surface area contributed by atoms with Gasteiger partial charge in [-0.3, -0.25) is 4.98 Å². The number of pyridine rings is 1. The zero-order valence-corrected chi connectivity index (χ0v) is 5.00. The lowest BCUT2D eigenvalue weighted by molar-refractivity contribution is 0.438. The molecule has 0 spiro atoms. The van der Waals surface area contributed by atoms with Crippen LogP contribution < -0.4 is 0 Å². The first-order chi connectivity index (χ1) is 4.86. The van der Waals surface area contributed by atoms with Crippen LogP contribution in [0.2, 0.25) is 0 Å². The molecule has 0 aliphatic carbocycles. The molecule has 49 valence electrons. The van der Waals surface area contributed by atoms with Gasteiger partial charge in [-0.25, -0.2) is 4.98 Å². The Kier molecular flexibility index (Phi) is 0.887. The SMILES string of the molecule is Oc1nc2cc[c]nc2[nH]1. The van der Waals surface area contributed by atoms with Gasteiger partial charge < -0.3 is 5.11 Å². The van der Waals surface area contributed by atoms with Gasteiger partial charge in [-0.2, -0.15) is 4.98 Å². The minimum atomic E-state index is -0.109. The highest BCUT2D eigenvalue weighted by atomic mass is 16.3. The fourth-order valence-electron chi connectivity index (χ4n) is 0.784. The first-order valence-corrected chi connectivity index (χ1v) is 2.78. The van der Waals surface area contributed by atoms with Gasteiger partial charge in [-0.1, -0.05) is 0 Å². The largest absolute Gasteiger partial charge is 0.480 e. The fraction of sp³-hybridized carbons (Fsp3) is 0. The van der Waals surface area contributed by atoms with Crippen molar-refractivity contribution in [1.29, 1.82) is 0 Å². The average Bonchev–Trinajstić information content (AvgIpc) is 2.27. The minimum Gasteiger partial charge on any atom is -0.480 e. The molecule has 0 amide bonds. The van der Waals surface area contributed by atoms with Gasteiger partial charge in [0.2, 0.25) is 0 Å². The summed E-state index contributed by atoms with van der Waals surface area (Å²) >= 11 is 0. The second kappa shape index (κ2) is 1.70. The summed E-state index contributed by atoms with van der Waals surface area (Å²) in [6, 6.07) is 3.25. The number of nitrogens with zero attached hydrogens (tertiary/aromatic N) is 2. The topological polar surface area (TPSA) is 61.8 Å². The molecule has 0 bridgehead atoms. The van der Waals surface area contributed by atoms with Crippen molar-refractivity contribution in [2.45, 2.75) is 0 Å². The number of imidazole rings is 1. The molecule has 0 saturated carbocycles. The monoisotopic (exact) mass is 134 g/mol. The summed E-state index contributed by atoms with van der Waals surface area (Å²) in [5.41, 5.74) is 1.20. The van der Waals surface area contributed by atoms with Crippen molar-refractivity contribution >= 4 is 11.2 Å². The van der Waals surface area contributed by atoms with Crippen molar-refractivity contribution in [2.24, 2.45) is 0 Å². The van der Waals surface area contributed by atoms with E-state index in [0.717, 1.165) is 0 Å². The molecule has 10 heavy (non-hydrogen) atoms. The normalized spacial score (nSPS) is 10.4. The van der Waals surface area contributed by atoms with E-state index in [9.17, 15) is 0 Å². The van der Waals surface area contributed by atoms with Gasteiger partial charge in [-0.05, 0) is 12.1 Å². The smallest absolute Gasteiger partial charge is 0.293 e. The molecule has 2 aromatic rings. The van der Waals surface area contributed by atoms with Gasteiger partial charge in [-0.15, -0.1) is 0 Å². The van der Waals surface area contributed by atoms with Crippen LogP contribution in [0.5, 0.6) is 6.01 Å². The summed E-state index contributed by atoms with van der Waals surface area (Å²) in [6.45, 7) is 0. The highest BCUT2D eigenvalue weighted by Crippen LogP contribution is 2.09. The van der Waals surface area contributed by atoms with Gasteiger partial charge in [0.25, 0.3) is 6.01 Å². The van der Waals surface area contributed by atoms with Crippen LogP contribution in [0.4, 0.5) is 0 Å². The van der Waals surface area contributed by atoms with Crippen LogP contribution in [0, 0.1) is 6.20 Å². The molecule has 2 N–H and O–H groups in total. The van der Waals surface area contributed by atoms with Crippen LogP contribution >= 0.6 is 0 Å². The number of rotatable bonds is 0. The van der Waals surface area contributed by atoms with Gasteiger partial charge in [0, 0.05) is 0 Å². The van der Waals surface area contributed by atoms with E-state index in [1.807, 2.05) is 0 Å². The Hall–Kier alpha value is -1.58. The van der Waals surface area contributed by atoms with Crippen LogP contribution in [0.3, 0.4) is 0 Å². The fourth-order valence-corrected chi connectivity index (χ4v) is 0.784. The molecule has 1 radical (unpaired) electrons. The first kappa shape index (κ1) is 5.22. The molecule has 2 aromatic heterocycles. The van der Waals surface area contributed by atoms with E-state index in [0.29, 0.717) is 11.2 Å². The summed E-state index contributed by atoms with van der Waals surface area (Å²) in [4.78, 5) is 10.1. The maximum absolute atomic E-state index is 8.84. The second-order valence-corrected chi connectivity index (χ2v) is 1.87. The lowest BCUT2D eigenvalue weighted by Crippen LogP contribution is -1.72.